The largest absolute Gasteiger partial charge is 0.478 e. The molecule has 0 bridgehead atoms. The summed E-state index contributed by atoms with van der Waals surface area (Å²) in [5, 5.41) is 14.6. The van der Waals surface area contributed by atoms with Gasteiger partial charge >= 0.3 is 5.97 Å². The minimum absolute atomic E-state index is 0.269. The normalized spacial score (nSPS) is 15.4. The lowest BCUT2D eigenvalue weighted by Gasteiger charge is -2.20. The molecule has 0 aromatic carbocycles. The molecule has 1 N–H and O–H groups in total. The summed E-state index contributed by atoms with van der Waals surface area (Å²) in [5.41, 5.74) is 2.62. The number of carboxylic acid groups (broad SMARTS) is 1. The van der Waals surface area contributed by atoms with Crippen LogP contribution in [0.5, 0.6) is 0 Å². The Morgan fingerprint density at radius 1 is 1.37 bits per heavy atom. The maximum atomic E-state index is 11.4. The Morgan fingerprint density at radius 3 is 2.68 bits per heavy atom. The molecule has 0 aliphatic carbocycles. The van der Waals surface area contributed by atoms with Crippen molar-refractivity contribution in [3.8, 4) is 0 Å². The Hall–Kier alpha value is -2.11. The summed E-state index contributed by atoms with van der Waals surface area (Å²) in [4.78, 5) is 17.8. The van der Waals surface area contributed by atoms with Crippen LogP contribution < -0.4 is 4.90 Å². The Morgan fingerprint density at radius 2 is 2.05 bits per heavy atom. The highest BCUT2D eigenvalue weighted by Gasteiger charge is 2.25. The number of aromatic nitrogens is 3. The average molecular weight is 260 g/mol. The summed E-state index contributed by atoms with van der Waals surface area (Å²) in [6, 6.07) is 0. The fraction of sp³-hybridized carbons (Fsp3) is 0.462. The van der Waals surface area contributed by atoms with Crippen LogP contribution in [0.2, 0.25) is 0 Å². The number of hydrogen-bond acceptors (Lipinski definition) is 4. The summed E-state index contributed by atoms with van der Waals surface area (Å²) >= 11 is 0. The number of carbonyl (C=O) groups is 1. The van der Waals surface area contributed by atoms with E-state index < -0.39 is 5.97 Å². The number of aryl methyl sites for hydroxylation is 2. The lowest BCUT2D eigenvalue weighted by Crippen LogP contribution is -2.21. The van der Waals surface area contributed by atoms with Crippen molar-refractivity contribution in [1.82, 2.24) is 14.8 Å². The summed E-state index contributed by atoms with van der Waals surface area (Å²) in [6.07, 6.45) is 3.64. The van der Waals surface area contributed by atoms with Gasteiger partial charge in [0.1, 0.15) is 5.56 Å². The van der Waals surface area contributed by atoms with Crippen LogP contribution in [0.3, 0.4) is 0 Å². The number of aromatic carboxylic acids is 1. The third kappa shape index (κ3) is 1.75. The van der Waals surface area contributed by atoms with E-state index in [2.05, 4.69) is 15.0 Å². The van der Waals surface area contributed by atoms with Gasteiger partial charge in [-0.15, -0.1) is 0 Å². The topological polar surface area (TPSA) is 71.2 Å². The first-order chi connectivity index (χ1) is 9.09. The van der Waals surface area contributed by atoms with Crippen LogP contribution >= 0.6 is 0 Å². The number of rotatable bonds is 2. The molecule has 0 atom stereocenters. The average Bonchev–Trinajstić information content (AvgIpc) is 2.98. The zero-order chi connectivity index (χ0) is 13.6. The first kappa shape index (κ1) is 12.0. The van der Waals surface area contributed by atoms with E-state index in [1.807, 2.05) is 14.0 Å². The van der Waals surface area contributed by atoms with Crippen molar-refractivity contribution in [2.75, 3.05) is 18.0 Å². The number of nitrogens with zero attached hydrogens (tertiary/aromatic N) is 4. The first-order valence-corrected chi connectivity index (χ1v) is 6.40. The molecule has 2 aromatic rings. The monoisotopic (exact) mass is 260 g/mol. The molecule has 1 saturated heterocycles. The molecule has 1 aliphatic rings. The van der Waals surface area contributed by atoms with Crippen LogP contribution in [-0.2, 0) is 7.05 Å². The summed E-state index contributed by atoms with van der Waals surface area (Å²) in [5.74, 6) is -0.931. The molecule has 1 aliphatic heterocycles. The van der Waals surface area contributed by atoms with Crippen molar-refractivity contribution in [2.45, 2.75) is 19.8 Å². The summed E-state index contributed by atoms with van der Waals surface area (Å²) < 4.78 is 1.70. The van der Waals surface area contributed by atoms with Gasteiger partial charge in [-0.2, -0.15) is 5.10 Å². The molecule has 0 spiro atoms. The van der Waals surface area contributed by atoms with Gasteiger partial charge in [0.25, 0.3) is 0 Å². The fourth-order valence-electron chi connectivity index (χ4n) is 2.82. The summed E-state index contributed by atoms with van der Waals surface area (Å²) in [6.45, 7) is 3.69. The molecule has 1 fully saturated rings. The van der Waals surface area contributed by atoms with E-state index in [-0.39, 0.29) is 5.56 Å². The maximum Gasteiger partial charge on any atom is 0.339 e. The molecule has 100 valence electrons. The van der Waals surface area contributed by atoms with Crippen LogP contribution in [-0.4, -0.2) is 38.9 Å². The molecule has 0 unspecified atom stereocenters. The molecule has 0 saturated carbocycles. The minimum atomic E-state index is -0.931. The minimum Gasteiger partial charge on any atom is -0.478 e. The second kappa shape index (κ2) is 4.22. The standard InChI is InChI=1S/C13H16N4O2/c1-8-10-11(17-5-3-4-6-17)9(13(18)19)7-14-12(10)16(2)15-8/h7H,3-6H2,1-2H3,(H,18,19). The highest BCUT2D eigenvalue weighted by atomic mass is 16.4. The van der Waals surface area contributed by atoms with Crippen molar-refractivity contribution in [3.05, 3.63) is 17.5 Å². The second-order valence-corrected chi connectivity index (χ2v) is 4.93. The molecule has 3 heterocycles. The Bertz CT molecular complexity index is 656. The van der Waals surface area contributed by atoms with Gasteiger partial charge in [0.05, 0.1) is 16.8 Å². The zero-order valence-corrected chi connectivity index (χ0v) is 11.1. The number of carboxylic acids is 1. The number of pyridine rings is 1. The quantitative estimate of drug-likeness (QED) is 0.887. The third-order valence-electron chi connectivity index (χ3n) is 3.65. The van der Waals surface area contributed by atoms with Crippen LogP contribution in [0.25, 0.3) is 11.0 Å². The Balaban J connectivity index is 2.34. The van der Waals surface area contributed by atoms with E-state index in [9.17, 15) is 9.90 Å². The van der Waals surface area contributed by atoms with Gasteiger partial charge in [0.15, 0.2) is 5.65 Å². The van der Waals surface area contributed by atoms with Gasteiger partial charge < -0.3 is 10.0 Å². The molecule has 6 nitrogen and oxygen atoms in total. The fourth-order valence-corrected chi connectivity index (χ4v) is 2.82. The molecule has 2 aromatic heterocycles. The van der Waals surface area contributed by atoms with E-state index in [1.54, 1.807) is 4.68 Å². The molecule has 0 radical (unpaired) electrons. The smallest absolute Gasteiger partial charge is 0.339 e. The van der Waals surface area contributed by atoms with Crippen molar-refractivity contribution in [2.24, 2.45) is 7.05 Å². The molecular formula is C13H16N4O2. The lowest BCUT2D eigenvalue weighted by atomic mass is 10.1. The predicted octanol–water partition coefficient (Wildman–Crippen LogP) is 1.58. The maximum absolute atomic E-state index is 11.4. The van der Waals surface area contributed by atoms with E-state index >= 15 is 0 Å². The third-order valence-corrected chi connectivity index (χ3v) is 3.65. The Kier molecular flexibility index (Phi) is 2.66. The summed E-state index contributed by atoms with van der Waals surface area (Å²) in [7, 11) is 1.83. The van der Waals surface area contributed by atoms with Crippen LogP contribution in [0.4, 0.5) is 5.69 Å². The van der Waals surface area contributed by atoms with E-state index in [1.165, 1.54) is 6.20 Å². The van der Waals surface area contributed by atoms with Crippen LogP contribution in [0, 0.1) is 6.92 Å². The highest BCUT2D eigenvalue weighted by Crippen LogP contribution is 2.33. The predicted molar refractivity (Wildman–Crippen MR) is 71.7 cm³/mol. The molecule has 0 amide bonds. The number of hydrogen-bond donors (Lipinski definition) is 1. The van der Waals surface area contributed by atoms with Gasteiger partial charge in [0, 0.05) is 26.3 Å². The van der Waals surface area contributed by atoms with E-state index in [0.717, 1.165) is 48.3 Å². The van der Waals surface area contributed by atoms with Crippen molar-refractivity contribution >= 4 is 22.7 Å². The molecule has 19 heavy (non-hydrogen) atoms. The van der Waals surface area contributed by atoms with Gasteiger partial charge in [-0.3, -0.25) is 4.68 Å². The molecule has 6 heteroatoms. The van der Waals surface area contributed by atoms with Gasteiger partial charge in [-0.25, -0.2) is 9.78 Å². The van der Waals surface area contributed by atoms with Crippen LogP contribution in [0.1, 0.15) is 28.9 Å². The van der Waals surface area contributed by atoms with Crippen molar-refractivity contribution < 1.29 is 9.90 Å². The van der Waals surface area contributed by atoms with E-state index in [4.69, 9.17) is 0 Å². The number of fused-ring (bicyclic) bond motifs is 1. The van der Waals surface area contributed by atoms with Crippen molar-refractivity contribution in [3.63, 3.8) is 0 Å². The SMILES string of the molecule is Cc1nn(C)c2ncc(C(=O)O)c(N3CCCC3)c12. The Labute approximate surface area is 110 Å². The molecule has 3 rings (SSSR count). The molecular weight excluding hydrogens is 244 g/mol. The highest BCUT2D eigenvalue weighted by molar-refractivity contribution is 6.04. The lowest BCUT2D eigenvalue weighted by molar-refractivity contribution is 0.0697. The first-order valence-electron chi connectivity index (χ1n) is 6.40. The van der Waals surface area contributed by atoms with E-state index in [0.29, 0.717) is 0 Å². The van der Waals surface area contributed by atoms with Gasteiger partial charge in [-0.05, 0) is 19.8 Å². The van der Waals surface area contributed by atoms with Crippen LogP contribution in [0.15, 0.2) is 6.20 Å². The number of anilines is 1. The van der Waals surface area contributed by atoms with Crippen molar-refractivity contribution in [1.29, 1.82) is 0 Å². The van der Waals surface area contributed by atoms with Gasteiger partial charge in [0.2, 0.25) is 0 Å². The van der Waals surface area contributed by atoms with Gasteiger partial charge in [-0.1, -0.05) is 0 Å². The zero-order valence-electron chi connectivity index (χ0n) is 11.1. The second-order valence-electron chi connectivity index (χ2n) is 4.93.